The standard InChI is InChI=1S/C22H27FN4O/c1-2-24-22(25-19-15-17(19)16-7-3-4-8-18(16)23)27-13-11-26(12-14-27)20-9-5-6-10-21(20)28/h3-10,17,19,28H,2,11-15H2,1H3,(H,24,25). The Morgan fingerprint density at radius 3 is 2.54 bits per heavy atom. The van der Waals surface area contributed by atoms with Crippen LogP contribution in [0.15, 0.2) is 53.5 Å². The summed E-state index contributed by atoms with van der Waals surface area (Å²) in [6.45, 7) is 6.04. The number of nitrogens with one attached hydrogen (secondary N) is 1. The second kappa shape index (κ2) is 8.09. The Kier molecular flexibility index (Phi) is 5.37. The van der Waals surface area contributed by atoms with Gasteiger partial charge in [0.25, 0.3) is 0 Å². The van der Waals surface area contributed by atoms with Crippen molar-refractivity contribution in [1.82, 2.24) is 10.2 Å². The van der Waals surface area contributed by atoms with E-state index in [9.17, 15) is 9.50 Å². The molecule has 4 rings (SSSR count). The van der Waals surface area contributed by atoms with Crippen LogP contribution in [-0.4, -0.2) is 54.7 Å². The molecule has 28 heavy (non-hydrogen) atoms. The molecule has 0 radical (unpaired) electrons. The first-order valence-corrected chi connectivity index (χ1v) is 10.0. The molecule has 0 spiro atoms. The fourth-order valence-electron chi connectivity index (χ4n) is 3.92. The zero-order chi connectivity index (χ0) is 19.5. The molecule has 2 fully saturated rings. The van der Waals surface area contributed by atoms with Crippen LogP contribution in [0.4, 0.5) is 10.1 Å². The number of benzene rings is 2. The number of halogens is 1. The molecule has 2 aromatic rings. The van der Waals surface area contributed by atoms with Crippen LogP contribution in [0.3, 0.4) is 0 Å². The fraction of sp³-hybridized carbons (Fsp3) is 0.409. The molecule has 1 saturated carbocycles. The van der Waals surface area contributed by atoms with Crippen molar-refractivity contribution in [1.29, 1.82) is 0 Å². The lowest BCUT2D eigenvalue weighted by molar-refractivity contribution is 0.368. The Morgan fingerprint density at radius 1 is 1.11 bits per heavy atom. The first-order valence-electron chi connectivity index (χ1n) is 10.0. The number of aromatic hydroxyl groups is 1. The van der Waals surface area contributed by atoms with Crippen molar-refractivity contribution >= 4 is 11.6 Å². The monoisotopic (exact) mass is 382 g/mol. The smallest absolute Gasteiger partial charge is 0.194 e. The molecule has 0 aromatic heterocycles. The topological polar surface area (TPSA) is 51.1 Å². The van der Waals surface area contributed by atoms with Crippen molar-refractivity contribution in [3.63, 3.8) is 0 Å². The SMILES string of the molecule is CCN=C(NC1CC1c1ccccc1F)N1CCN(c2ccccc2O)CC1. The largest absolute Gasteiger partial charge is 0.506 e. The van der Waals surface area contributed by atoms with Crippen molar-refractivity contribution in [2.75, 3.05) is 37.6 Å². The fourth-order valence-corrected chi connectivity index (χ4v) is 3.92. The van der Waals surface area contributed by atoms with Crippen molar-refractivity contribution in [3.05, 3.63) is 59.9 Å². The molecule has 2 aromatic carbocycles. The first kappa shape index (κ1) is 18.6. The van der Waals surface area contributed by atoms with Crippen LogP contribution in [0, 0.1) is 5.82 Å². The third kappa shape index (κ3) is 3.91. The van der Waals surface area contributed by atoms with Crippen molar-refractivity contribution in [2.45, 2.75) is 25.3 Å². The molecular formula is C22H27FN4O. The van der Waals surface area contributed by atoms with Crippen LogP contribution in [-0.2, 0) is 0 Å². The predicted molar refractivity (Wildman–Crippen MR) is 111 cm³/mol. The van der Waals surface area contributed by atoms with Crippen LogP contribution in [0.2, 0.25) is 0 Å². The lowest BCUT2D eigenvalue weighted by Gasteiger charge is -2.38. The van der Waals surface area contributed by atoms with E-state index >= 15 is 0 Å². The number of aliphatic imine (C=N–C) groups is 1. The van der Waals surface area contributed by atoms with E-state index in [4.69, 9.17) is 0 Å². The van der Waals surface area contributed by atoms with Gasteiger partial charge >= 0.3 is 0 Å². The zero-order valence-electron chi connectivity index (χ0n) is 16.2. The summed E-state index contributed by atoms with van der Waals surface area (Å²) >= 11 is 0. The molecule has 6 heteroatoms. The Morgan fingerprint density at radius 2 is 1.82 bits per heavy atom. The highest BCUT2D eigenvalue weighted by Crippen LogP contribution is 2.42. The van der Waals surface area contributed by atoms with Crippen molar-refractivity contribution < 1.29 is 9.50 Å². The summed E-state index contributed by atoms with van der Waals surface area (Å²) in [5.41, 5.74) is 1.67. The Hall–Kier alpha value is -2.76. The molecule has 0 bridgehead atoms. The molecule has 148 valence electrons. The average molecular weight is 382 g/mol. The van der Waals surface area contributed by atoms with E-state index in [1.165, 1.54) is 6.07 Å². The summed E-state index contributed by atoms with van der Waals surface area (Å²) < 4.78 is 14.0. The molecule has 2 atom stereocenters. The Balaban J connectivity index is 1.37. The van der Waals surface area contributed by atoms with Gasteiger partial charge in [-0.15, -0.1) is 0 Å². The number of hydrogen-bond acceptors (Lipinski definition) is 3. The Labute approximate surface area is 165 Å². The lowest BCUT2D eigenvalue weighted by atomic mass is 10.1. The van der Waals surface area contributed by atoms with Gasteiger partial charge in [-0.25, -0.2) is 4.39 Å². The number of anilines is 1. The van der Waals surface area contributed by atoms with Crippen LogP contribution in [0.25, 0.3) is 0 Å². The van der Waals surface area contributed by atoms with E-state index in [1.807, 2.05) is 37.3 Å². The molecular weight excluding hydrogens is 355 g/mol. The van der Waals surface area contributed by atoms with Gasteiger partial charge in [-0.05, 0) is 37.1 Å². The minimum absolute atomic E-state index is 0.123. The van der Waals surface area contributed by atoms with Gasteiger partial charge in [-0.3, -0.25) is 4.99 Å². The van der Waals surface area contributed by atoms with Gasteiger partial charge in [0.2, 0.25) is 0 Å². The lowest BCUT2D eigenvalue weighted by Crippen LogP contribution is -2.53. The summed E-state index contributed by atoms with van der Waals surface area (Å²) in [5.74, 6) is 1.32. The van der Waals surface area contributed by atoms with Gasteiger partial charge in [0.05, 0.1) is 5.69 Å². The number of phenolic OH excluding ortho intramolecular Hbond substituents is 1. The van der Waals surface area contributed by atoms with E-state index in [0.29, 0.717) is 12.3 Å². The molecule has 1 aliphatic carbocycles. The van der Waals surface area contributed by atoms with E-state index in [-0.39, 0.29) is 17.8 Å². The molecule has 1 saturated heterocycles. The number of piperazine rings is 1. The van der Waals surface area contributed by atoms with Gasteiger partial charge < -0.3 is 20.2 Å². The molecule has 1 aliphatic heterocycles. The highest BCUT2D eigenvalue weighted by molar-refractivity contribution is 5.81. The van der Waals surface area contributed by atoms with Crippen LogP contribution >= 0.6 is 0 Å². The number of nitrogens with zero attached hydrogens (tertiary/aromatic N) is 3. The predicted octanol–water partition coefficient (Wildman–Crippen LogP) is 3.17. The summed E-state index contributed by atoms with van der Waals surface area (Å²) in [5, 5.41) is 13.6. The molecule has 2 unspecified atom stereocenters. The maximum absolute atomic E-state index is 14.0. The first-order chi connectivity index (χ1) is 13.7. The maximum Gasteiger partial charge on any atom is 0.194 e. The van der Waals surface area contributed by atoms with Crippen molar-refractivity contribution in [2.24, 2.45) is 4.99 Å². The number of guanidine groups is 1. The minimum Gasteiger partial charge on any atom is -0.506 e. The van der Waals surface area contributed by atoms with Gasteiger partial charge in [-0.2, -0.15) is 0 Å². The highest BCUT2D eigenvalue weighted by Gasteiger charge is 2.41. The van der Waals surface area contributed by atoms with Crippen LogP contribution < -0.4 is 10.2 Å². The minimum atomic E-state index is -0.123. The second-order valence-corrected chi connectivity index (χ2v) is 7.38. The average Bonchev–Trinajstić information content (AvgIpc) is 3.47. The third-order valence-corrected chi connectivity index (χ3v) is 5.52. The molecule has 2 N–H and O–H groups in total. The highest BCUT2D eigenvalue weighted by atomic mass is 19.1. The van der Waals surface area contributed by atoms with Crippen LogP contribution in [0.5, 0.6) is 5.75 Å². The maximum atomic E-state index is 14.0. The van der Waals surface area contributed by atoms with Gasteiger partial charge in [0.15, 0.2) is 5.96 Å². The number of para-hydroxylation sites is 2. The Bertz CT molecular complexity index is 848. The number of phenols is 1. The van der Waals surface area contributed by atoms with E-state index in [0.717, 1.165) is 49.8 Å². The van der Waals surface area contributed by atoms with E-state index in [2.05, 4.69) is 20.1 Å². The number of rotatable bonds is 4. The van der Waals surface area contributed by atoms with Gasteiger partial charge in [-0.1, -0.05) is 30.3 Å². The summed E-state index contributed by atoms with van der Waals surface area (Å²) in [6.07, 6.45) is 0.932. The van der Waals surface area contributed by atoms with Crippen LogP contribution in [0.1, 0.15) is 24.8 Å². The quantitative estimate of drug-likeness (QED) is 0.630. The molecule has 0 amide bonds. The summed E-state index contributed by atoms with van der Waals surface area (Å²) in [7, 11) is 0. The summed E-state index contributed by atoms with van der Waals surface area (Å²) in [4.78, 5) is 9.13. The van der Waals surface area contributed by atoms with E-state index < -0.39 is 0 Å². The van der Waals surface area contributed by atoms with Crippen molar-refractivity contribution in [3.8, 4) is 5.75 Å². The van der Waals surface area contributed by atoms with Gasteiger partial charge in [0, 0.05) is 44.7 Å². The zero-order valence-corrected chi connectivity index (χ0v) is 16.2. The third-order valence-electron chi connectivity index (χ3n) is 5.52. The molecule has 2 aliphatic rings. The molecule has 1 heterocycles. The number of hydrogen-bond donors (Lipinski definition) is 2. The normalized spacial score (nSPS) is 22.3. The summed E-state index contributed by atoms with van der Waals surface area (Å²) in [6, 6.07) is 14.7. The van der Waals surface area contributed by atoms with Gasteiger partial charge in [0.1, 0.15) is 11.6 Å². The molecule has 5 nitrogen and oxygen atoms in total. The second-order valence-electron chi connectivity index (χ2n) is 7.38. The van der Waals surface area contributed by atoms with E-state index in [1.54, 1.807) is 12.1 Å².